The molecule has 0 aliphatic rings. The lowest BCUT2D eigenvalue weighted by atomic mass is 9.95. The van der Waals surface area contributed by atoms with Gasteiger partial charge in [-0.25, -0.2) is 15.0 Å². The molecule has 0 saturated carbocycles. The predicted octanol–water partition coefficient (Wildman–Crippen LogP) is 5.27. The van der Waals surface area contributed by atoms with E-state index < -0.39 is 0 Å². The van der Waals surface area contributed by atoms with Crippen LogP contribution in [-0.4, -0.2) is 24.9 Å². The number of fused-ring (bicyclic) bond motifs is 2. The predicted molar refractivity (Wildman–Crippen MR) is 121 cm³/mol. The number of pyridine rings is 1. The first kappa shape index (κ1) is 19.0. The van der Waals surface area contributed by atoms with Gasteiger partial charge in [0.05, 0.1) is 17.9 Å². The van der Waals surface area contributed by atoms with Gasteiger partial charge in [0.15, 0.2) is 11.5 Å². The average molecular weight is 486 g/mol. The SMILES string of the molecule is CC[C@@H](C)Cc1nc2cc(I)ccc2cc1[C@H](C)Nc1ncnc2nc[nH]c12. The maximum absolute atomic E-state index is 5.04. The molecule has 144 valence electrons. The van der Waals surface area contributed by atoms with E-state index in [1.165, 1.54) is 9.13 Å². The minimum absolute atomic E-state index is 0.0524. The third-order valence-electron chi connectivity index (χ3n) is 5.17. The van der Waals surface area contributed by atoms with Crippen LogP contribution in [0, 0.1) is 9.49 Å². The van der Waals surface area contributed by atoms with E-state index in [4.69, 9.17) is 4.98 Å². The van der Waals surface area contributed by atoms with Crippen molar-refractivity contribution in [1.29, 1.82) is 0 Å². The summed E-state index contributed by atoms with van der Waals surface area (Å²) in [6.07, 6.45) is 5.28. The van der Waals surface area contributed by atoms with E-state index >= 15 is 0 Å². The summed E-state index contributed by atoms with van der Waals surface area (Å²) in [5.41, 5.74) is 4.90. The van der Waals surface area contributed by atoms with Crippen LogP contribution in [0.5, 0.6) is 0 Å². The Bertz CT molecular complexity index is 1120. The largest absolute Gasteiger partial charge is 0.362 e. The van der Waals surface area contributed by atoms with E-state index in [1.54, 1.807) is 12.7 Å². The van der Waals surface area contributed by atoms with Crippen molar-refractivity contribution in [3.8, 4) is 0 Å². The number of anilines is 1. The molecule has 3 aromatic heterocycles. The summed E-state index contributed by atoms with van der Waals surface area (Å²) < 4.78 is 1.20. The van der Waals surface area contributed by atoms with Crippen molar-refractivity contribution >= 4 is 50.5 Å². The highest BCUT2D eigenvalue weighted by Crippen LogP contribution is 2.29. The molecule has 0 aliphatic carbocycles. The van der Waals surface area contributed by atoms with Gasteiger partial charge in [-0.1, -0.05) is 26.3 Å². The van der Waals surface area contributed by atoms with E-state index in [-0.39, 0.29) is 6.04 Å². The number of hydrogen-bond acceptors (Lipinski definition) is 5. The zero-order chi connectivity index (χ0) is 19.7. The molecule has 0 spiro atoms. The second kappa shape index (κ2) is 7.98. The zero-order valence-electron chi connectivity index (χ0n) is 16.2. The molecule has 0 aliphatic heterocycles. The first-order chi connectivity index (χ1) is 13.5. The van der Waals surface area contributed by atoms with Gasteiger partial charge in [-0.2, -0.15) is 0 Å². The summed E-state index contributed by atoms with van der Waals surface area (Å²) in [5.74, 6) is 1.34. The number of nitrogens with zero attached hydrogens (tertiary/aromatic N) is 4. The Balaban J connectivity index is 1.75. The molecule has 0 fully saturated rings. The Morgan fingerprint density at radius 2 is 2.00 bits per heavy atom. The summed E-state index contributed by atoms with van der Waals surface area (Å²) in [7, 11) is 0. The van der Waals surface area contributed by atoms with Gasteiger partial charge >= 0.3 is 0 Å². The van der Waals surface area contributed by atoms with E-state index in [9.17, 15) is 0 Å². The second-order valence-electron chi connectivity index (χ2n) is 7.27. The molecule has 0 amide bonds. The number of rotatable bonds is 6. The molecular formula is C21H23IN6. The fraction of sp³-hybridized carbons (Fsp3) is 0.333. The van der Waals surface area contributed by atoms with Crippen molar-refractivity contribution < 1.29 is 0 Å². The Hall–Kier alpha value is -2.29. The van der Waals surface area contributed by atoms with Crippen LogP contribution in [0.2, 0.25) is 0 Å². The number of benzene rings is 1. The molecule has 0 saturated heterocycles. The van der Waals surface area contributed by atoms with Gasteiger partial charge < -0.3 is 10.3 Å². The van der Waals surface area contributed by atoms with Gasteiger partial charge in [0.2, 0.25) is 0 Å². The number of halogens is 1. The fourth-order valence-electron chi connectivity index (χ4n) is 3.37. The van der Waals surface area contributed by atoms with Crippen LogP contribution in [0.25, 0.3) is 22.1 Å². The zero-order valence-corrected chi connectivity index (χ0v) is 18.4. The van der Waals surface area contributed by atoms with Gasteiger partial charge in [-0.15, -0.1) is 0 Å². The van der Waals surface area contributed by atoms with Crippen molar-refractivity contribution in [2.75, 3.05) is 5.32 Å². The molecule has 0 unspecified atom stereocenters. The normalized spacial score (nSPS) is 13.7. The molecule has 6 nitrogen and oxygen atoms in total. The molecule has 4 rings (SSSR count). The van der Waals surface area contributed by atoms with E-state index in [2.05, 4.69) is 92.9 Å². The quantitative estimate of drug-likeness (QED) is 0.363. The number of aromatic amines is 1. The summed E-state index contributed by atoms with van der Waals surface area (Å²) >= 11 is 2.34. The highest BCUT2D eigenvalue weighted by atomic mass is 127. The summed E-state index contributed by atoms with van der Waals surface area (Å²) in [4.78, 5) is 21.0. The Kier molecular flexibility index (Phi) is 5.43. The van der Waals surface area contributed by atoms with Crippen LogP contribution in [-0.2, 0) is 6.42 Å². The molecule has 2 N–H and O–H groups in total. The van der Waals surface area contributed by atoms with E-state index in [0.29, 0.717) is 11.6 Å². The second-order valence-corrected chi connectivity index (χ2v) is 8.51. The van der Waals surface area contributed by atoms with Crippen molar-refractivity contribution in [3.05, 3.63) is 51.7 Å². The maximum Gasteiger partial charge on any atom is 0.182 e. The van der Waals surface area contributed by atoms with Gasteiger partial charge in [0.1, 0.15) is 11.8 Å². The standard InChI is InChI=1S/C21H23IN6/c1-4-12(2)7-18-16(8-14-5-6-15(22)9-17(14)28-18)13(3)27-21-19-20(24-10-23-19)25-11-26-21/h5-6,8-13H,4,7H2,1-3H3,(H2,23,24,25,26,27)/t12-,13+/m1/s1. The third kappa shape index (κ3) is 3.80. The molecule has 1 aromatic carbocycles. The maximum atomic E-state index is 5.04. The number of H-pyrrole nitrogens is 1. The highest BCUT2D eigenvalue weighted by Gasteiger charge is 2.17. The Morgan fingerprint density at radius 1 is 1.14 bits per heavy atom. The van der Waals surface area contributed by atoms with Crippen molar-refractivity contribution in [2.24, 2.45) is 5.92 Å². The molecule has 0 bridgehead atoms. The van der Waals surface area contributed by atoms with Crippen LogP contribution in [0.3, 0.4) is 0 Å². The third-order valence-corrected chi connectivity index (χ3v) is 5.84. The first-order valence-electron chi connectivity index (χ1n) is 9.54. The lowest BCUT2D eigenvalue weighted by Crippen LogP contribution is -2.14. The van der Waals surface area contributed by atoms with Gasteiger partial charge in [0, 0.05) is 14.7 Å². The lowest BCUT2D eigenvalue weighted by molar-refractivity contribution is 0.549. The number of hydrogen-bond donors (Lipinski definition) is 2. The summed E-state index contributed by atoms with van der Waals surface area (Å²) in [6.45, 7) is 6.66. The minimum atomic E-state index is 0.0524. The van der Waals surface area contributed by atoms with Crippen molar-refractivity contribution in [1.82, 2.24) is 24.9 Å². The average Bonchev–Trinajstić information content (AvgIpc) is 3.17. The summed E-state index contributed by atoms with van der Waals surface area (Å²) in [6, 6.07) is 8.73. The molecular weight excluding hydrogens is 463 g/mol. The first-order valence-corrected chi connectivity index (χ1v) is 10.6. The highest BCUT2D eigenvalue weighted by molar-refractivity contribution is 14.1. The van der Waals surface area contributed by atoms with Crippen LogP contribution in [0.4, 0.5) is 5.82 Å². The van der Waals surface area contributed by atoms with E-state index in [0.717, 1.165) is 40.8 Å². The van der Waals surface area contributed by atoms with Crippen LogP contribution in [0.15, 0.2) is 36.9 Å². The van der Waals surface area contributed by atoms with Crippen LogP contribution >= 0.6 is 22.6 Å². The lowest BCUT2D eigenvalue weighted by Gasteiger charge is -2.20. The number of aromatic nitrogens is 5. The molecule has 28 heavy (non-hydrogen) atoms. The molecule has 3 heterocycles. The van der Waals surface area contributed by atoms with Gasteiger partial charge in [0.25, 0.3) is 0 Å². The molecule has 4 aromatic rings. The Labute approximate surface area is 177 Å². The topological polar surface area (TPSA) is 79.4 Å². The fourth-order valence-corrected chi connectivity index (χ4v) is 3.84. The van der Waals surface area contributed by atoms with Crippen molar-refractivity contribution in [3.63, 3.8) is 0 Å². The molecule has 0 radical (unpaired) electrons. The van der Waals surface area contributed by atoms with Gasteiger partial charge in [-0.3, -0.25) is 4.98 Å². The van der Waals surface area contributed by atoms with Crippen LogP contribution in [0.1, 0.15) is 44.5 Å². The van der Waals surface area contributed by atoms with E-state index in [1.807, 2.05) is 0 Å². The van der Waals surface area contributed by atoms with Crippen molar-refractivity contribution in [2.45, 2.75) is 39.7 Å². The number of imidazole rings is 1. The van der Waals surface area contributed by atoms with Gasteiger partial charge in [-0.05, 0) is 65.6 Å². The molecule has 2 atom stereocenters. The molecule has 7 heteroatoms. The van der Waals surface area contributed by atoms with Crippen LogP contribution < -0.4 is 5.32 Å². The Morgan fingerprint density at radius 3 is 2.82 bits per heavy atom. The minimum Gasteiger partial charge on any atom is -0.362 e. The monoisotopic (exact) mass is 486 g/mol. The smallest absolute Gasteiger partial charge is 0.182 e. The summed E-state index contributed by atoms with van der Waals surface area (Å²) in [5, 5.41) is 4.69. The number of nitrogens with one attached hydrogen (secondary N) is 2.